The SMILES string of the molecule is CCC(Oc1ccc(F)cc1[N+](=O)[O-])C(NCc1ccccc1)C(=O)O. The number of carboxylic acids is 1. The average molecular weight is 362 g/mol. The first-order chi connectivity index (χ1) is 12.4. The van der Waals surface area contributed by atoms with E-state index in [2.05, 4.69) is 5.32 Å². The minimum absolute atomic E-state index is 0.170. The highest BCUT2D eigenvalue weighted by Gasteiger charge is 2.30. The second kappa shape index (κ2) is 8.91. The molecule has 0 fully saturated rings. The Balaban J connectivity index is 2.18. The molecule has 0 radical (unpaired) electrons. The Morgan fingerprint density at radius 3 is 2.58 bits per heavy atom. The Labute approximate surface area is 149 Å². The molecule has 2 aromatic rings. The van der Waals surface area contributed by atoms with E-state index in [0.717, 1.165) is 23.8 Å². The molecule has 2 aromatic carbocycles. The molecule has 0 heterocycles. The summed E-state index contributed by atoms with van der Waals surface area (Å²) in [5.74, 6) is -2.08. The Bertz CT molecular complexity index is 769. The van der Waals surface area contributed by atoms with Crippen LogP contribution in [-0.4, -0.2) is 28.1 Å². The van der Waals surface area contributed by atoms with E-state index in [-0.39, 0.29) is 12.2 Å². The third-order valence-corrected chi connectivity index (χ3v) is 3.81. The van der Waals surface area contributed by atoms with Crippen LogP contribution in [0.1, 0.15) is 18.9 Å². The Morgan fingerprint density at radius 1 is 1.31 bits per heavy atom. The maximum Gasteiger partial charge on any atom is 0.324 e. The number of nitrogens with one attached hydrogen (secondary N) is 1. The summed E-state index contributed by atoms with van der Waals surface area (Å²) in [5.41, 5.74) is 0.344. The van der Waals surface area contributed by atoms with Gasteiger partial charge in [0.1, 0.15) is 18.0 Å². The number of nitro groups is 1. The summed E-state index contributed by atoms with van der Waals surface area (Å²) in [6.45, 7) is 2.00. The van der Waals surface area contributed by atoms with Crippen LogP contribution < -0.4 is 10.1 Å². The van der Waals surface area contributed by atoms with Gasteiger partial charge in [-0.25, -0.2) is 4.39 Å². The molecule has 138 valence electrons. The van der Waals surface area contributed by atoms with E-state index in [9.17, 15) is 24.4 Å². The maximum absolute atomic E-state index is 13.3. The number of aliphatic carboxylic acids is 1. The molecule has 0 saturated heterocycles. The zero-order chi connectivity index (χ0) is 19.1. The first kappa shape index (κ1) is 19.3. The minimum atomic E-state index is -1.14. The number of hydrogen-bond acceptors (Lipinski definition) is 5. The summed E-state index contributed by atoms with van der Waals surface area (Å²) in [7, 11) is 0. The van der Waals surface area contributed by atoms with Gasteiger partial charge in [0.25, 0.3) is 0 Å². The molecule has 2 rings (SSSR count). The molecule has 0 aliphatic rings. The van der Waals surface area contributed by atoms with E-state index < -0.39 is 34.5 Å². The molecule has 0 saturated carbocycles. The number of nitrogens with zero attached hydrogens (tertiary/aromatic N) is 1. The number of carbonyl (C=O) groups is 1. The fourth-order valence-corrected chi connectivity index (χ4v) is 2.48. The molecule has 8 heteroatoms. The number of carboxylic acid groups (broad SMARTS) is 1. The monoisotopic (exact) mass is 362 g/mol. The molecule has 26 heavy (non-hydrogen) atoms. The summed E-state index contributed by atoms with van der Waals surface area (Å²) in [4.78, 5) is 22.0. The first-order valence-electron chi connectivity index (χ1n) is 8.03. The standard InChI is InChI=1S/C18H19FN2O5/c1-2-15(26-16-9-8-13(19)10-14(16)21(24)25)17(18(22)23)20-11-12-6-4-3-5-7-12/h3-10,15,17,20H,2,11H2,1H3,(H,22,23). The van der Waals surface area contributed by atoms with Crippen molar-refractivity contribution in [3.05, 3.63) is 70.0 Å². The zero-order valence-electron chi connectivity index (χ0n) is 14.1. The zero-order valence-corrected chi connectivity index (χ0v) is 14.1. The van der Waals surface area contributed by atoms with E-state index >= 15 is 0 Å². The second-order valence-electron chi connectivity index (χ2n) is 5.62. The van der Waals surface area contributed by atoms with Crippen LogP contribution in [0.15, 0.2) is 48.5 Å². The van der Waals surface area contributed by atoms with Gasteiger partial charge in [-0.1, -0.05) is 37.3 Å². The van der Waals surface area contributed by atoms with Gasteiger partial charge >= 0.3 is 11.7 Å². The van der Waals surface area contributed by atoms with Gasteiger partial charge in [-0.2, -0.15) is 0 Å². The van der Waals surface area contributed by atoms with Crippen LogP contribution in [0.4, 0.5) is 10.1 Å². The smallest absolute Gasteiger partial charge is 0.324 e. The quantitative estimate of drug-likeness (QED) is 0.525. The van der Waals surface area contributed by atoms with Crippen LogP contribution in [0.3, 0.4) is 0 Å². The highest BCUT2D eigenvalue weighted by atomic mass is 19.1. The summed E-state index contributed by atoms with van der Waals surface area (Å²) in [6, 6.07) is 11.0. The van der Waals surface area contributed by atoms with E-state index in [1.54, 1.807) is 6.92 Å². The van der Waals surface area contributed by atoms with Crippen LogP contribution in [0.25, 0.3) is 0 Å². The number of ether oxygens (including phenoxy) is 1. The highest BCUT2D eigenvalue weighted by molar-refractivity contribution is 5.74. The number of benzene rings is 2. The molecule has 2 atom stereocenters. The second-order valence-corrected chi connectivity index (χ2v) is 5.62. The number of halogens is 1. The van der Waals surface area contributed by atoms with Crippen molar-refractivity contribution in [2.45, 2.75) is 32.0 Å². The topological polar surface area (TPSA) is 102 Å². The van der Waals surface area contributed by atoms with Gasteiger partial charge in [0.15, 0.2) is 5.75 Å². The fraction of sp³-hybridized carbons (Fsp3) is 0.278. The lowest BCUT2D eigenvalue weighted by Crippen LogP contribution is -2.48. The third kappa shape index (κ3) is 5.00. The predicted molar refractivity (Wildman–Crippen MR) is 92.5 cm³/mol. The normalized spacial score (nSPS) is 13.0. The van der Waals surface area contributed by atoms with Gasteiger partial charge in [-0.05, 0) is 24.1 Å². The predicted octanol–water partition coefficient (Wildman–Crippen LogP) is 3.13. The number of nitro benzene ring substituents is 1. The van der Waals surface area contributed by atoms with Crippen LogP contribution in [0.2, 0.25) is 0 Å². The van der Waals surface area contributed by atoms with Crippen molar-refractivity contribution in [1.82, 2.24) is 5.32 Å². The summed E-state index contributed by atoms with van der Waals surface area (Å²) < 4.78 is 18.8. The molecular formula is C18H19FN2O5. The molecule has 0 aromatic heterocycles. The first-order valence-corrected chi connectivity index (χ1v) is 8.03. The van der Waals surface area contributed by atoms with Gasteiger partial charge < -0.3 is 9.84 Å². The fourth-order valence-electron chi connectivity index (χ4n) is 2.48. The maximum atomic E-state index is 13.3. The summed E-state index contributed by atoms with van der Waals surface area (Å²) >= 11 is 0. The van der Waals surface area contributed by atoms with Crippen molar-refractivity contribution in [2.24, 2.45) is 0 Å². The van der Waals surface area contributed by atoms with Crippen molar-refractivity contribution >= 4 is 11.7 Å². The van der Waals surface area contributed by atoms with E-state index in [1.165, 1.54) is 0 Å². The molecule has 7 nitrogen and oxygen atoms in total. The molecule has 0 spiro atoms. The van der Waals surface area contributed by atoms with Gasteiger partial charge in [0.2, 0.25) is 0 Å². The Morgan fingerprint density at radius 2 is 2.00 bits per heavy atom. The molecule has 2 unspecified atom stereocenters. The molecule has 2 N–H and O–H groups in total. The average Bonchev–Trinajstić information content (AvgIpc) is 2.62. The van der Waals surface area contributed by atoms with E-state index in [0.29, 0.717) is 6.54 Å². The van der Waals surface area contributed by atoms with Crippen molar-refractivity contribution in [1.29, 1.82) is 0 Å². The van der Waals surface area contributed by atoms with Gasteiger partial charge in [-0.15, -0.1) is 0 Å². The Hall–Kier alpha value is -3.00. The number of hydrogen-bond donors (Lipinski definition) is 2. The van der Waals surface area contributed by atoms with Crippen LogP contribution in [0, 0.1) is 15.9 Å². The molecule has 0 amide bonds. The van der Waals surface area contributed by atoms with Crippen molar-refractivity contribution in [2.75, 3.05) is 0 Å². The lowest BCUT2D eigenvalue weighted by atomic mass is 10.1. The van der Waals surface area contributed by atoms with Gasteiger partial charge in [0, 0.05) is 6.54 Å². The lowest BCUT2D eigenvalue weighted by Gasteiger charge is -2.25. The Kier molecular flexibility index (Phi) is 6.62. The van der Waals surface area contributed by atoms with Crippen molar-refractivity contribution in [3.8, 4) is 5.75 Å². The third-order valence-electron chi connectivity index (χ3n) is 3.81. The van der Waals surface area contributed by atoms with Gasteiger partial charge in [0.05, 0.1) is 11.0 Å². The van der Waals surface area contributed by atoms with Crippen LogP contribution in [0.5, 0.6) is 5.75 Å². The van der Waals surface area contributed by atoms with Crippen molar-refractivity contribution in [3.63, 3.8) is 0 Å². The lowest BCUT2D eigenvalue weighted by molar-refractivity contribution is -0.386. The molecule has 0 aliphatic heterocycles. The minimum Gasteiger partial charge on any atom is -0.481 e. The van der Waals surface area contributed by atoms with Crippen LogP contribution >= 0.6 is 0 Å². The number of rotatable bonds is 9. The van der Waals surface area contributed by atoms with Crippen LogP contribution in [-0.2, 0) is 11.3 Å². The van der Waals surface area contributed by atoms with Crippen molar-refractivity contribution < 1.29 is 24.0 Å². The van der Waals surface area contributed by atoms with E-state index in [1.807, 2.05) is 30.3 Å². The molecule has 0 aliphatic carbocycles. The summed E-state index contributed by atoms with van der Waals surface area (Å²) in [5, 5.41) is 23.5. The molecule has 0 bridgehead atoms. The highest BCUT2D eigenvalue weighted by Crippen LogP contribution is 2.29. The van der Waals surface area contributed by atoms with Gasteiger partial charge in [-0.3, -0.25) is 20.2 Å². The largest absolute Gasteiger partial charge is 0.481 e. The summed E-state index contributed by atoms with van der Waals surface area (Å²) in [6.07, 6.45) is -0.590. The van der Waals surface area contributed by atoms with E-state index in [4.69, 9.17) is 4.74 Å². The molecular weight excluding hydrogens is 343 g/mol.